The van der Waals surface area contributed by atoms with E-state index in [9.17, 15) is 67.8 Å². The second-order valence-electron chi connectivity index (χ2n) is 15.5. The summed E-state index contributed by atoms with van der Waals surface area (Å²) in [6.07, 6.45) is 0.182. The van der Waals surface area contributed by atoms with Gasteiger partial charge in [-0.15, -0.1) is 0 Å². The smallest absolute Gasteiger partial charge is 0.748 e. The molecule has 0 spiro atoms. The molecule has 0 aliphatic rings. The molecular formula is C42H46N6Na2O18S5. The van der Waals surface area contributed by atoms with Gasteiger partial charge in [0.15, 0.2) is 0 Å². The third kappa shape index (κ3) is 16.8. The summed E-state index contributed by atoms with van der Waals surface area (Å²) in [6, 6.07) is 9.03. The Balaban J connectivity index is 0.00000703. The number of amides is 4. The van der Waals surface area contributed by atoms with Crippen molar-refractivity contribution in [3.05, 3.63) is 91.0 Å². The van der Waals surface area contributed by atoms with Crippen LogP contribution >= 0.6 is 12.0 Å². The van der Waals surface area contributed by atoms with E-state index in [0.717, 1.165) is 24.3 Å². The molecule has 5 rings (SSSR count). The third-order valence-corrected chi connectivity index (χ3v) is 15.8. The van der Waals surface area contributed by atoms with E-state index in [0.29, 0.717) is 6.07 Å². The Morgan fingerprint density at radius 2 is 1.08 bits per heavy atom. The van der Waals surface area contributed by atoms with Crippen LogP contribution in [0.4, 0.5) is 0 Å². The van der Waals surface area contributed by atoms with Gasteiger partial charge in [-0.3, -0.25) is 24.2 Å². The van der Waals surface area contributed by atoms with Gasteiger partial charge in [-0.05, 0) is 51.0 Å². The Morgan fingerprint density at radius 1 is 0.644 bits per heavy atom. The van der Waals surface area contributed by atoms with Crippen molar-refractivity contribution in [2.24, 2.45) is 0 Å². The number of hydrogen-bond acceptors (Lipinski definition) is 19. The van der Waals surface area contributed by atoms with Crippen LogP contribution < -0.4 is 99.3 Å². The van der Waals surface area contributed by atoms with Gasteiger partial charge in [0.2, 0.25) is 43.7 Å². The molecule has 73 heavy (non-hydrogen) atoms. The normalized spacial score (nSPS) is 12.8. The number of phenols is 1. The maximum Gasteiger partial charge on any atom is 1.00 e. The molecule has 0 aliphatic heterocycles. The first-order chi connectivity index (χ1) is 33.3. The maximum absolute atomic E-state index is 14.7. The Morgan fingerprint density at radius 3 is 1.56 bits per heavy atom. The molecule has 5 aromatic carbocycles. The van der Waals surface area contributed by atoms with Crippen molar-refractivity contribution in [3.63, 3.8) is 0 Å². The minimum atomic E-state index is -5.40. The van der Waals surface area contributed by atoms with Crippen molar-refractivity contribution in [2.45, 2.75) is 53.5 Å². The molecule has 0 saturated heterocycles. The number of carbonyl (C=O) groups excluding carboxylic acids is 4. The second-order valence-corrected chi connectivity index (χ2v) is 22.6. The van der Waals surface area contributed by atoms with E-state index in [1.165, 1.54) is 44.2 Å². The maximum atomic E-state index is 14.7. The number of sulfonamides is 2. The summed E-state index contributed by atoms with van der Waals surface area (Å²) in [5, 5.41) is 33.5. The Labute approximate surface area is 468 Å². The van der Waals surface area contributed by atoms with Gasteiger partial charge in [0.25, 0.3) is 0 Å². The zero-order valence-corrected chi connectivity index (χ0v) is 47.6. The van der Waals surface area contributed by atoms with Crippen LogP contribution in [0.3, 0.4) is 0 Å². The first-order valence-corrected chi connectivity index (χ1v) is 27.6. The number of hydrogen-bond donors (Lipinski definition) is 7. The fraction of sp³-hybridized carbons (Fsp3) is 0.286. The van der Waals surface area contributed by atoms with Crippen molar-refractivity contribution in [1.29, 1.82) is 0 Å². The molecule has 0 fully saturated rings. The van der Waals surface area contributed by atoms with E-state index in [1.807, 2.05) is 4.72 Å². The Bertz CT molecular complexity index is 3330. The molecule has 0 saturated carbocycles. The van der Waals surface area contributed by atoms with Crippen LogP contribution in [0.5, 0.6) is 11.5 Å². The zero-order valence-electron chi connectivity index (χ0n) is 39.5. The minimum Gasteiger partial charge on any atom is -0.748 e. The van der Waals surface area contributed by atoms with Crippen LogP contribution in [-0.4, -0.2) is 117 Å². The SMILES string of the molecule is C=C(C)C(=O)NCCCNC(=O)C(CSOO[O-])NS(=O)(=O)c1cc(S(=O)(=O)NC(CS(=O)(=O)[O-])C(=O)NCCCNC(=O)C(=C)C)c2ccc3c(O)cc(S(=O)(=O)Oc4ccccc4)c4ccc1c2c34.[Na+].[Na+]. The molecule has 0 aromatic heterocycles. The number of rotatable bonds is 27. The van der Waals surface area contributed by atoms with E-state index in [4.69, 9.17) is 4.18 Å². The molecule has 384 valence electrons. The fourth-order valence-electron chi connectivity index (χ4n) is 6.88. The summed E-state index contributed by atoms with van der Waals surface area (Å²) in [6.45, 7) is 9.57. The molecule has 31 heteroatoms. The molecule has 5 aromatic rings. The number of aromatic hydroxyl groups is 1. The Kier molecular flexibility index (Phi) is 23.6. The van der Waals surface area contributed by atoms with Crippen LogP contribution in [0.1, 0.15) is 26.7 Å². The molecule has 2 unspecified atom stereocenters. The van der Waals surface area contributed by atoms with Crippen molar-refractivity contribution in [3.8, 4) is 11.5 Å². The molecule has 4 amide bonds. The molecular weight excluding hydrogens is 1080 g/mol. The van der Waals surface area contributed by atoms with E-state index in [-0.39, 0.29) is 159 Å². The van der Waals surface area contributed by atoms with E-state index < -0.39 is 108 Å². The average Bonchev–Trinajstić information content (AvgIpc) is 3.29. The van der Waals surface area contributed by atoms with Crippen LogP contribution in [0.15, 0.2) is 106 Å². The quantitative estimate of drug-likeness (QED) is 0.00296. The Hall–Kier alpha value is -3.99. The predicted octanol–water partition coefficient (Wildman–Crippen LogP) is -5.83. The summed E-state index contributed by atoms with van der Waals surface area (Å²) < 4.78 is 136. The number of benzene rings is 5. The number of carbonyl (C=O) groups is 4. The standard InChI is InChI=1S/C42H48N6O18S5.2Na/c1-24(2)39(50)43-16-8-18-45-41(52)31(22-67-66-65-54)47-69(58,59)34-21-35(70(60,61)48-32(23-68(55,56)57)42(53)46-19-9-17-44-40(51)25(3)4)28-13-12-27-33(49)20-36(30-15-14-29(34)38(28)37(27)30)71(62,63)64-26-10-6-5-7-11-26;;/h5-7,10-15,20-21,31-32,47-49,54H,1,3,8-9,16-19,22-23H2,2,4H3,(H,43,50)(H,44,51)(H,45,52)(H,46,53)(H,55,56,57);;/q;2*+1/p-2. The number of para-hydroxylation sites is 1. The van der Waals surface area contributed by atoms with Crippen LogP contribution in [-0.2, 0) is 68.8 Å². The van der Waals surface area contributed by atoms with Gasteiger partial charge >= 0.3 is 69.2 Å². The summed E-state index contributed by atoms with van der Waals surface area (Å²) in [4.78, 5) is 48.1. The van der Waals surface area contributed by atoms with Gasteiger partial charge in [-0.2, -0.15) is 22.2 Å². The van der Waals surface area contributed by atoms with Crippen LogP contribution in [0, 0.1) is 0 Å². The molecule has 0 heterocycles. The minimum absolute atomic E-state index is 0. The summed E-state index contributed by atoms with van der Waals surface area (Å²) in [5.74, 6) is -6.44. The van der Waals surface area contributed by atoms with Crippen molar-refractivity contribution in [2.75, 3.05) is 37.7 Å². The molecule has 24 nitrogen and oxygen atoms in total. The topological polar surface area (TPSA) is 371 Å². The second kappa shape index (κ2) is 27.2. The first kappa shape index (κ1) is 63.3. The van der Waals surface area contributed by atoms with Gasteiger partial charge in [-0.1, -0.05) is 49.6 Å². The van der Waals surface area contributed by atoms with E-state index in [1.54, 1.807) is 6.07 Å². The monoisotopic (exact) mass is 1130 g/mol. The zero-order chi connectivity index (χ0) is 52.5. The van der Waals surface area contributed by atoms with Gasteiger partial charge in [0.05, 0.1) is 25.7 Å². The molecule has 7 N–H and O–H groups in total. The van der Waals surface area contributed by atoms with Gasteiger partial charge in [0, 0.05) is 93.5 Å². The van der Waals surface area contributed by atoms with Crippen molar-refractivity contribution in [1.82, 2.24) is 30.7 Å². The number of phenolic OH excluding ortho intramolecular Hbond substituents is 1. The fourth-order valence-corrected chi connectivity index (χ4v) is 12.3. The predicted molar refractivity (Wildman–Crippen MR) is 254 cm³/mol. The van der Waals surface area contributed by atoms with E-state index in [2.05, 4.69) is 48.5 Å². The molecule has 2 atom stereocenters. The van der Waals surface area contributed by atoms with Crippen molar-refractivity contribution < 1.29 is 140 Å². The first-order valence-electron chi connectivity index (χ1n) is 20.7. The van der Waals surface area contributed by atoms with Crippen LogP contribution in [0.2, 0.25) is 0 Å². The largest absolute Gasteiger partial charge is 1.00 e. The summed E-state index contributed by atoms with van der Waals surface area (Å²) in [5.41, 5.74) is 0.399. The van der Waals surface area contributed by atoms with Gasteiger partial charge < -0.3 is 40.4 Å². The molecule has 0 bridgehead atoms. The van der Waals surface area contributed by atoms with Crippen molar-refractivity contribution >= 4 is 108 Å². The molecule has 0 aliphatic carbocycles. The van der Waals surface area contributed by atoms with E-state index >= 15 is 0 Å². The molecule has 0 radical (unpaired) electrons. The van der Waals surface area contributed by atoms with Gasteiger partial charge in [0.1, 0.15) is 28.5 Å². The average molecular weight is 1130 g/mol. The van der Waals surface area contributed by atoms with Crippen LogP contribution in [0.25, 0.3) is 32.3 Å². The third-order valence-electron chi connectivity index (χ3n) is 10.1. The number of nitrogens with one attached hydrogen (secondary N) is 6. The summed E-state index contributed by atoms with van der Waals surface area (Å²) >= 11 is 0.198. The summed E-state index contributed by atoms with van der Waals surface area (Å²) in [7, 11) is -20.9. The van der Waals surface area contributed by atoms with Gasteiger partial charge in [-0.25, -0.2) is 25.3 Å².